The number of aromatic amines is 1. The lowest BCUT2D eigenvalue weighted by molar-refractivity contribution is 0.0620. The highest BCUT2D eigenvalue weighted by Gasteiger charge is 2.40. The van der Waals surface area contributed by atoms with Crippen molar-refractivity contribution in [1.29, 1.82) is 0 Å². The number of H-pyrrole nitrogens is 1. The van der Waals surface area contributed by atoms with Crippen LogP contribution in [0.4, 0.5) is 0 Å². The van der Waals surface area contributed by atoms with Gasteiger partial charge in [-0.3, -0.25) is 4.98 Å². The topological polar surface area (TPSA) is 92.6 Å². The Balaban J connectivity index is 1.20. The highest BCUT2D eigenvalue weighted by Crippen LogP contribution is 2.39. The molecule has 1 fully saturated rings. The van der Waals surface area contributed by atoms with Gasteiger partial charge in [0.05, 0.1) is 10.4 Å². The standard InChI is InChI=1S/C26H22N2O5S/c29-25-27-22-8-7-21(17-24(22)32-25)34(30,31)28-14-12-26(13-15-28)11-10-20-16-19(6-9-23(20)33-26)18-4-2-1-3-5-18/h1-11,16-17H,12-15H2,(H,27,29). The fourth-order valence-electron chi connectivity index (χ4n) is 4.69. The summed E-state index contributed by atoms with van der Waals surface area (Å²) in [5.41, 5.74) is 3.46. The maximum Gasteiger partial charge on any atom is 0.417 e. The molecular formula is C26H22N2O5S. The van der Waals surface area contributed by atoms with Crippen molar-refractivity contribution in [2.45, 2.75) is 23.3 Å². The molecule has 34 heavy (non-hydrogen) atoms. The number of rotatable bonds is 3. The van der Waals surface area contributed by atoms with Gasteiger partial charge in [0.2, 0.25) is 10.0 Å². The number of hydrogen-bond acceptors (Lipinski definition) is 5. The normalized spacial score (nSPS) is 17.5. The second kappa shape index (κ2) is 7.72. The molecule has 0 atom stereocenters. The molecule has 8 heteroatoms. The van der Waals surface area contributed by atoms with Crippen LogP contribution in [0.5, 0.6) is 5.75 Å². The van der Waals surface area contributed by atoms with Gasteiger partial charge in [-0.25, -0.2) is 13.2 Å². The minimum atomic E-state index is -3.72. The quantitative estimate of drug-likeness (QED) is 0.475. The Labute approximate surface area is 196 Å². The fourth-order valence-corrected chi connectivity index (χ4v) is 6.14. The molecule has 1 saturated heterocycles. The molecule has 0 radical (unpaired) electrons. The van der Waals surface area contributed by atoms with Gasteiger partial charge in [-0.05, 0) is 41.5 Å². The molecule has 3 aromatic carbocycles. The second-order valence-electron chi connectivity index (χ2n) is 8.70. The van der Waals surface area contributed by atoms with E-state index in [1.165, 1.54) is 16.4 Å². The van der Waals surface area contributed by atoms with Crippen LogP contribution >= 0.6 is 0 Å². The minimum Gasteiger partial charge on any atom is -0.482 e. The molecule has 6 rings (SSSR count). The van der Waals surface area contributed by atoms with Gasteiger partial charge < -0.3 is 9.15 Å². The zero-order chi connectivity index (χ0) is 23.3. The molecule has 1 spiro atoms. The van der Waals surface area contributed by atoms with Crippen molar-refractivity contribution in [3.8, 4) is 16.9 Å². The van der Waals surface area contributed by atoms with E-state index in [2.05, 4.69) is 41.4 Å². The van der Waals surface area contributed by atoms with E-state index in [0.717, 1.165) is 22.4 Å². The lowest BCUT2D eigenvalue weighted by Crippen LogP contribution is -2.49. The smallest absolute Gasteiger partial charge is 0.417 e. The number of benzene rings is 3. The minimum absolute atomic E-state index is 0.109. The third-order valence-electron chi connectivity index (χ3n) is 6.60. The molecule has 0 saturated carbocycles. The van der Waals surface area contributed by atoms with Gasteiger partial charge in [-0.1, -0.05) is 42.5 Å². The van der Waals surface area contributed by atoms with Crippen LogP contribution in [0.3, 0.4) is 0 Å². The van der Waals surface area contributed by atoms with E-state index in [1.807, 2.05) is 24.3 Å². The van der Waals surface area contributed by atoms with Gasteiger partial charge in [0.25, 0.3) is 0 Å². The fraction of sp³-hybridized carbons (Fsp3) is 0.192. The summed E-state index contributed by atoms with van der Waals surface area (Å²) >= 11 is 0. The Hall–Kier alpha value is -3.62. The van der Waals surface area contributed by atoms with Crippen molar-refractivity contribution >= 4 is 27.2 Å². The van der Waals surface area contributed by atoms with E-state index >= 15 is 0 Å². The molecule has 1 N–H and O–H groups in total. The molecule has 3 heterocycles. The molecule has 4 aromatic rings. The SMILES string of the molecule is O=c1[nH]c2ccc(S(=O)(=O)N3CCC4(C=Cc5cc(-c6ccccc6)ccc5O4)CC3)cc2o1. The van der Waals surface area contributed by atoms with E-state index in [0.29, 0.717) is 31.4 Å². The lowest BCUT2D eigenvalue weighted by atomic mass is 9.88. The summed E-state index contributed by atoms with van der Waals surface area (Å²) in [6.07, 6.45) is 5.24. The number of piperidine rings is 1. The summed E-state index contributed by atoms with van der Waals surface area (Å²) < 4.78 is 39.3. The third-order valence-corrected chi connectivity index (χ3v) is 8.49. The van der Waals surface area contributed by atoms with Crippen molar-refractivity contribution in [2.75, 3.05) is 13.1 Å². The lowest BCUT2D eigenvalue weighted by Gasteiger charge is -2.41. The first-order chi connectivity index (χ1) is 16.4. The Morgan fingerprint density at radius 1 is 0.912 bits per heavy atom. The number of fused-ring (bicyclic) bond motifs is 2. The zero-order valence-corrected chi connectivity index (χ0v) is 19.0. The number of nitrogens with one attached hydrogen (secondary N) is 1. The summed E-state index contributed by atoms with van der Waals surface area (Å²) in [6.45, 7) is 0.665. The predicted molar refractivity (Wildman–Crippen MR) is 129 cm³/mol. The van der Waals surface area contributed by atoms with Crippen LogP contribution in [0.2, 0.25) is 0 Å². The largest absolute Gasteiger partial charge is 0.482 e. The average molecular weight is 475 g/mol. The van der Waals surface area contributed by atoms with Crippen molar-refractivity contribution < 1.29 is 17.6 Å². The second-order valence-corrected chi connectivity index (χ2v) is 10.6. The van der Waals surface area contributed by atoms with Gasteiger partial charge in [0, 0.05) is 37.6 Å². The van der Waals surface area contributed by atoms with Crippen molar-refractivity contribution in [1.82, 2.24) is 9.29 Å². The molecule has 2 aliphatic rings. The van der Waals surface area contributed by atoms with Crippen LogP contribution < -0.4 is 10.5 Å². The summed E-state index contributed by atoms with van der Waals surface area (Å²) in [7, 11) is -3.72. The highest BCUT2D eigenvalue weighted by atomic mass is 32.2. The summed E-state index contributed by atoms with van der Waals surface area (Å²) in [5.74, 6) is 0.202. The molecule has 1 aromatic heterocycles. The molecule has 0 bridgehead atoms. The zero-order valence-electron chi connectivity index (χ0n) is 18.2. The Morgan fingerprint density at radius 2 is 1.71 bits per heavy atom. The summed E-state index contributed by atoms with van der Waals surface area (Å²) in [4.78, 5) is 14.0. The predicted octanol–water partition coefficient (Wildman–Crippen LogP) is 4.42. The maximum atomic E-state index is 13.2. The number of ether oxygens (including phenoxy) is 1. The molecule has 2 aliphatic heterocycles. The van der Waals surface area contributed by atoms with Gasteiger partial charge in [0.15, 0.2) is 5.58 Å². The van der Waals surface area contributed by atoms with Crippen molar-refractivity contribution in [3.63, 3.8) is 0 Å². The molecular weight excluding hydrogens is 452 g/mol. The van der Waals surface area contributed by atoms with E-state index in [1.54, 1.807) is 6.07 Å². The number of aromatic nitrogens is 1. The van der Waals surface area contributed by atoms with Crippen molar-refractivity contribution in [2.24, 2.45) is 0 Å². The summed E-state index contributed by atoms with van der Waals surface area (Å²) in [6, 6.07) is 20.8. The highest BCUT2D eigenvalue weighted by molar-refractivity contribution is 7.89. The molecule has 0 unspecified atom stereocenters. The molecule has 172 valence electrons. The van der Waals surface area contributed by atoms with Crippen LogP contribution in [0.1, 0.15) is 18.4 Å². The first-order valence-corrected chi connectivity index (χ1v) is 12.6. The van der Waals surface area contributed by atoms with E-state index in [-0.39, 0.29) is 10.5 Å². The first-order valence-electron chi connectivity index (χ1n) is 11.1. The van der Waals surface area contributed by atoms with Gasteiger partial charge in [-0.15, -0.1) is 0 Å². The van der Waals surface area contributed by atoms with Crippen LogP contribution in [-0.2, 0) is 10.0 Å². The van der Waals surface area contributed by atoms with E-state index in [9.17, 15) is 13.2 Å². The van der Waals surface area contributed by atoms with E-state index < -0.39 is 21.4 Å². The average Bonchev–Trinajstić information content (AvgIpc) is 3.24. The number of nitrogens with zero attached hydrogens (tertiary/aromatic N) is 1. The van der Waals surface area contributed by atoms with Crippen LogP contribution in [0.25, 0.3) is 28.3 Å². The van der Waals surface area contributed by atoms with E-state index in [4.69, 9.17) is 9.15 Å². The van der Waals surface area contributed by atoms with Gasteiger partial charge >= 0.3 is 5.76 Å². The van der Waals surface area contributed by atoms with Gasteiger partial charge in [-0.2, -0.15) is 4.31 Å². The third kappa shape index (κ3) is 3.55. The number of oxazole rings is 1. The van der Waals surface area contributed by atoms with Crippen LogP contribution in [-0.4, -0.2) is 36.4 Å². The molecule has 0 aliphatic carbocycles. The Morgan fingerprint density at radius 3 is 2.50 bits per heavy atom. The maximum absolute atomic E-state index is 13.2. The van der Waals surface area contributed by atoms with Crippen LogP contribution in [0, 0.1) is 0 Å². The van der Waals surface area contributed by atoms with Crippen LogP contribution in [0.15, 0.2) is 86.9 Å². The van der Waals surface area contributed by atoms with Gasteiger partial charge in [0.1, 0.15) is 11.4 Å². The number of hydrogen-bond donors (Lipinski definition) is 1. The Bertz CT molecular complexity index is 1580. The molecule has 0 amide bonds. The first kappa shape index (κ1) is 20.9. The number of sulfonamides is 1. The monoisotopic (exact) mass is 474 g/mol. The van der Waals surface area contributed by atoms with Crippen molar-refractivity contribution in [3.05, 3.63) is 88.9 Å². The Kier molecular flexibility index (Phi) is 4.75. The molecule has 7 nitrogen and oxygen atoms in total. The summed E-state index contributed by atoms with van der Waals surface area (Å²) in [5, 5.41) is 0.